The second-order valence-corrected chi connectivity index (χ2v) is 22.8. The van der Waals surface area contributed by atoms with E-state index in [0.29, 0.717) is 17.4 Å². The standard InChI is InChI=1S/C59H114NO8P/c1-6-8-10-12-14-16-18-20-21-22-23-24-25-26-27-28-29-30-31-32-33-34-35-36-37-38-39-40-42-44-46-48-50-52-59(62)68-57(56-67-69(63,64)66-54-53-60(3,4)5)55-65-58(61)51-49-47-45-43-41-19-17-15-13-11-9-7-2/h18,20,22-23,57H,6-17,19,21,24-56H2,1-5H3/b20-18-,23-22-. The van der Waals surface area contributed by atoms with Crippen molar-refractivity contribution in [2.75, 3.05) is 47.5 Å². The molecule has 0 saturated heterocycles. The second kappa shape index (κ2) is 51.4. The van der Waals surface area contributed by atoms with Gasteiger partial charge >= 0.3 is 11.9 Å². The van der Waals surface area contributed by atoms with Crippen molar-refractivity contribution in [3.05, 3.63) is 24.3 Å². The molecular formula is C59H114NO8P. The summed E-state index contributed by atoms with van der Waals surface area (Å²) in [5.41, 5.74) is 0. The van der Waals surface area contributed by atoms with Crippen LogP contribution in [0, 0.1) is 0 Å². The van der Waals surface area contributed by atoms with E-state index in [9.17, 15) is 19.0 Å². The van der Waals surface area contributed by atoms with Gasteiger partial charge in [0.1, 0.15) is 19.8 Å². The van der Waals surface area contributed by atoms with Crippen LogP contribution in [0.3, 0.4) is 0 Å². The Morgan fingerprint density at radius 2 is 0.783 bits per heavy atom. The summed E-state index contributed by atoms with van der Waals surface area (Å²) in [4.78, 5) is 37.7. The number of phosphoric ester groups is 1. The van der Waals surface area contributed by atoms with Crippen molar-refractivity contribution in [3.63, 3.8) is 0 Å². The number of esters is 2. The largest absolute Gasteiger partial charge is 0.756 e. The summed E-state index contributed by atoms with van der Waals surface area (Å²) in [7, 11) is 1.18. The van der Waals surface area contributed by atoms with E-state index in [1.54, 1.807) is 0 Å². The Kier molecular flexibility index (Phi) is 50.3. The molecule has 0 N–H and O–H groups in total. The molecule has 0 rings (SSSR count). The number of likely N-dealkylation sites (N-methyl/N-ethyl adjacent to an activating group) is 1. The van der Waals surface area contributed by atoms with Crippen LogP contribution in [-0.2, 0) is 32.7 Å². The lowest BCUT2D eigenvalue weighted by Gasteiger charge is -2.28. The molecule has 0 aromatic heterocycles. The molecule has 0 spiro atoms. The van der Waals surface area contributed by atoms with Crippen LogP contribution in [0.5, 0.6) is 0 Å². The lowest BCUT2D eigenvalue weighted by molar-refractivity contribution is -0.870. The van der Waals surface area contributed by atoms with E-state index in [2.05, 4.69) is 38.2 Å². The zero-order chi connectivity index (χ0) is 50.6. The highest BCUT2D eigenvalue weighted by Gasteiger charge is 2.22. The summed E-state index contributed by atoms with van der Waals surface area (Å²) in [6.45, 7) is 4.26. The van der Waals surface area contributed by atoms with Crippen LogP contribution in [0.15, 0.2) is 24.3 Å². The monoisotopic (exact) mass is 996 g/mol. The van der Waals surface area contributed by atoms with Crippen LogP contribution < -0.4 is 4.89 Å². The molecule has 0 amide bonds. The van der Waals surface area contributed by atoms with Gasteiger partial charge in [-0.2, -0.15) is 0 Å². The smallest absolute Gasteiger partial charge is 0.306 e. The zero-order valence-electron chi connectivity index (χ0n) is 46.3. The van der Waals surface area contributed by atoms with Gasteiger partial charge in [-0.05, 0) is 44.9 Å². The van der Waals surface area contributed by atoms with Gasteiger partial charge in [-0.25, -0.2) is 0 Å². The Hall–Kier alpha value is -1.51. The first kappa shape index (κ1) is 67.5. The first-order valence-corrected chi connectivity index (χ1v) is 31.0. The average Bonchev–Trinajstić information content (AvgIpc) is 3.31. The van der Waals surface area contributed by atoms with Crippen LogP contribution >= 0.6 is 7.82 Å². The fraction of sp³-hybridized carbons (Fsp3) is 0.898. The van der Waals surface area contributed by atoms with Crippen molar-refractivity contribution < 1.29 is 42.1 Å². The van der Waals surface area contributed by atoms with Crippen LogP contribution in [0.4, 0.5) is 0 Å². The molecule has 0 aromatic carbocycles. The lowest BCUT2D eigenvalue weighted by atomic mass is 10.0. The van der Waals surface area contributed by atoms with Crippen molar-refractivity contribution in [2.45, 2.75) is 296 Å². The van der Waals surface area contributed by atoms with Gasteiger partial charge in [0, 0.05) is 12.8 Å². The van der Waals surface area contributed by atoms with Gasteiger partial charge in [-0.3, -0.25) is 14.2 Å². The summed E-state index contributed by atoms with van der Waals surface area (Å²) >= 11 is 0. The Labute approximate surface area is 428 Å². The van der Waals surface area contributed by atoms with Gasteiger partial charge in [0.25, 0.3) is 7.82 Å². The van der Waals surface area contributed by atoms with Crippen molar-refractivity contribution in [3.8, 4) is 0 Å². The van der Waals surface area contributed by atoms with Gasteiger partial charge in [-0.15, -0.1) is 0 Å². The van der Waals surface area contributed by atoms with Gasteiger partial charge in [-0.1, -0.05) is 256 Å². The normalized spacial score (nSPS) is 13.4. The molecule has 0 bridgehead atoms. The molecular weight excluding hydrogens is 882 g/mol. The maximum absolute atomic E-state index is 12.8. The highest BCUT2D eigenvalue weighted by atomic mass is 31.2. The molecule has 0 aromatic rings. The molecule has 408 valence electrons. The molecule has 0 fully saturated rings. The Morgan fingerprint density at radius 1 is 0.449 bits per heavy atom. The van der Waals surface area contributed by atoms with Crippen molar-refractivity contribution in [1.82, 2.24) is 0 Å². The number of hydrogen-bond donors (Lipinski definition) is 0. The van der Waals surface area contributed by atoms with Crippen molar-refractivity contribution in [1.29, 1.82) is 0 Å². The van der Waals surface area contributed by atoms with Crippen molar-refractivity contribution >= 4 is 19.8 Å². The number of unbranched alkanes of at least 4 members (excludes halogenated alkanes) is 37. The molecule has 69 heavy (non-hydrogen) atoms. The fourth-order valence-electron chi connectivity index (χ4n) is 8.63. The molecule has 10 heteroatoms. The van der Waals surface area contributed by atoms with E-state index in [-0.39, 0.29) is 32.0 Å². The van der Waals surface area contributed by atoms with Crippen molar-refractivity contribution in [2.24, 2.45) is 0 Å². The van der Waals surface area contributed by atoms with E-state index in [1.807, 2.05) is 21.1 Å². The maximum Gasteiger partial charge on any atom is 0.306 e. The van der Waals surface area contributed by atoms with Gasteiger partial charge < -0.3 is 27.9 Å². The molecule has 0 aliphatic heterocycles. The van der Waals surface area contributed by atoms with E-state index in [4.69, 9.17) is 18.5 Å². The molecule has 2 unspecified atom stereocenters. The summed E-state index contributed by atoms with van der Waals surface area (Å²) in [6.07, 6.45) is 61.0. The molecule has 0 radical (unpaired) electrons. The topological polar surface area (TPSA) is 111 Å². The van der Waals surface area contributed by atoms with Gasteiger partial charge in [0.15, 0.2) is 6.10 Å². The predicted octanol–water partition coefficient (Wildman–Crippen LogP) is 17.6. The molecule has 0 aliphatic rings. The van der Waals surface area contributed by atoms with Gasteiger partial charge in [0.2, 0.25) is 0 Å². The summed E-state index contributed by atoms with van der Waals surface area (Å²) in [5.74, 6) is -0.818. The number of carbonyl (C=O) groups excluding carboxylic acids is 2. The number of hydrogen-bond acceptors (Lipinski definition) is 8. The number of allylic oxidation sites excluding steroid dienone is 4. The quantitative estimate of drug-likeness (QED) is 0.0195. The molecule has 0 saturated carbocycles. The van der Waals surface area contributed by atoms with Crippen LogP contribution in [0.2, 0.25) is 0 Å². The minimum absolute atomic E-state index is 0.0270. The number of rotatable bonds is 55. The first-order chi connectivity index (χ1) is 33.5. The van der Waals surface area contributed by atoms with E-state index in [0.717, 1.165) is 38.5 Å². The molecule has 2 atom stereocenters. The highest BCUT2D eigenvalue weighted by molar-refractivity contribution is 7.45. The van der Waals surface area contributed by atoms with Crippen LogP contribution in [0.25, 0.3) is 0 Å². The summed E-state index contributed by atoms with van der Waals surface area (Å²) < 4.78 is 34.1. The Morgan fingerprint density at radius 3 is 1.14 bits per heavy atom. The highest BCUT2D eigenvalue weighted by Crippen LogP contribution is 2.38. The maximum atomic E-state index is 12.8. The predicted molar refractivity (Wildman–Crippen MR) is 291 cm³/mol. The Balaban J connectivity index is 3.95. The molecule has 0 heterocycles. The van der Waals surface area contributed by atoms with E-state index < -0.39 is 26.5 Å². The third kappa shape index (κ3) is 55.7. The lowest BCUT2D eigenvalue weighted by Crippen LogP contribution is -2.37. The summed E-state index contributed by atoms with van der Waals surface area (Å²) in [5, 5.41) is 0. The number of ether oxygens (including phenoxy) is 2. The average molecular weight is 997 g/mol. The minimum Gasteiger partial charge on any atom is -0.756 e. The van der Waals surface area contributed by atoms with E-state index >= 15 is 0 Å². The van der Waals surface area contributed by atoms with Crippen LogP contribution in [-0.4, -0.2) is 70.0 Å². The number of quaternary nitrogens is 1. The summed E-state index contributed by atoms with van der Waals surface area (Å²) in [6, 6.07) is 0. The minimum atomic E-state index is -4.63. The third-order valence-corrected chi connectivity index (χ3v) is 14.2. The first-order valence-electron chi connectivity index (χ1n) is 29.5. The fourth-order valence-corrected chi connectivity index (χ4v) is 9.36. The number of carbonyl (C=O) groups is 2. The number of phosphoric acid groups is 1. The SMILES string of the molecule is CCCCCCC/C=C\C/C=C\CCCCCCCCCCCCCCCCCCCCCCCC(=O)OC(COC(=O)CCCCCCCCCCCCCC)COP(=O)([O-])OCC[N+](C)(C)C. The van der Waals surface area contributed by atoms with Crippen LogP contribution in [0.1, 0.15) is 290 Å². The second-order valence-electron chi connectivity index (χ2n) is 21.4. The Bertz CT molecular complexity index is 1220. The third-order valence-electron chi connectivity index (χ3n) is 13.2. The number of nitrogens with zero attached hydrogens (tertiary/aromatic N) is 1. The van der Waals surface area contributed by atoms with E-state index in [1.165, 1.54) is 218 Å². The molecule has 0 aliphatic carbocycles. The zero-order valence-corrected chi connectivity index (χ0v) is 47.2. The van der Waals surface area contributed by atoms with Gasteiger partial charge in [0.05, 0.1) is 27.7 Å². The molecule has 9 nitrogen and oxygen atoms in total.